The number of alkyl halides is 3. The first kappa shape index (κ1) is 25.6. The summed E-state index contributed by atoms with van der Waals surface area (Å²) < 4.78 is 56.9. The average molecular weight is 537 g/mol. The summed E-state index contributed by atoms with van der Waals surface area (Å²) in [5.74, 6) is -2.02. The molecule has 2 N–H and O–H groups in total. The predicted octanol–water partition coefficient (Wildman–Crippen LogP) is 5.28. The lowest BCUT2D eigenvalue weighted by Crippen LogP contribution is -2.18. The van der Waals surface area contributed by atoms with Gasteiger partial charge in [0.15, 0.2) is 22.7 Å². The molecule has 5 rings (SSSR count). The SMILES string of the molecule is CCn1cc(NC(=O)c2cc3nc(-c4ccc(F)cc4)cc(C(F)(F)F)n3n2)c(C(=O)Nc2ccccc2)n1. The van der Waals surface area contributed by atoms with Gasteiger partial charge in [0.2, 0.25) is 0 Å². The van der Waals surface area contributed by atoms with Gasteiger partial charge in [-0.1, -0.05) is 18.2 Å². The fraction of sp³-hybridized carbons (Fsp3) is 0.115. The summed E-state index contributed by atoms with van der Waals surface area (Å²) >= 11 is 0. The van der Waals surface area contributed by atoms with Crippen LogP contribution in [0, 0.1) is 5.82 Å². The average Bonchev–Trinajstić information content (AvgIpc) is 3.53. The lowest BCUT2D eigenvalue weighted by atomic mass is 10.1. The van der Waals surface area contributed by atoms with Gasteiger partial charge >= 0.3 is 6.18 Å². The van der Waals surface area contributed by atoms with Crippen LogP contribution >= 0.6 is 0 Å². The smallest absolute Gasteiger partial charge is 0.321 e. The van der Waals surface area contributed by atoms with Crippen molar-refractivity contribution >= 4 is 28.8 Å². The molecule has 3 aromatic heterocycles. The summed E-state index contributed by atoms with van der Waals surface area (Å²) in [5, 5.41) is 13.2. The molecule has 0 bridgehead atoms. The molecule has 0 unspecified atom stereocenters. The third-order valence-corrected chi connectivity index (χ3v) is 5.67. The number of nitrogens with zero attached hydrogens (tertiary/aromatic N) is 5. The molecule has 0 fully saturated rings. The number of anilines is 2. The highest BCUT2D eigenvalue weighted by atomic mass is 19.4. The summed E-state index contributed by atoms with van der Waals surface area (Å²) in [7, 11) is 0. The van der Waals surface area contributed by atoms with E-state index in [1.807, 2.05) is 0 Å². The van der Waals surface area contributed by atoms with Crippen LogP contribution in [0.3, 0.4) is 0 Å². The van der Waals surface area contributed by atoms with E-state index in [4.69, 9.17) is 0 Å². The summed E-state index contributed by atoms with van der Waals surface area (Å²) in [6.45, 7) is 2.17. The molecule has 5 aromatic rings. The molecular formula is C26H19F4N7O2. The van der Waals surface area contributed by atoms with Crippen LogP contribution in [0.2, 0.25) is 0 Å². The number of amides is 2. The highest BCUT2D eigenvalue weighted by Crippen LogP contribution is 2.32. The first-order valence-corrected chi connectivity index (χ1v) is 11.6. The normalized spacial score (nSPS) is 11.5. The number of halogens is 4. The first-order valence-electron chi connectivity index (χ1n) is 11.6. The number of hydrogen-bond donors (Lipinski definition) is 2. The minimum absolute atomic E-state index is 0.0448. The molecule has 0 spiro atoms. The Bertz CT molecular complexity index is 1680. The van der Waals surface area contributed by atoms with Crippen molar-refractivity contribution in [2.75, 3.05) is 10.6 Å². The number of carbonyl (C=O) groups is 2. The Morgan fingerprint density at radius 2 is 1.64 bits per heavy atom. The largest absolute Gasteiger partial charge is 0.433 e. The predicted molar refractivity (Wildman–Crippen MR) is 134 cm³/mol. The van der Waals surface area contributed by atoms with Crippen molar-refractivity contribution in [3.8, 4) is 11.3 Å². The molecule has 198 valence electrons. The van der Waals surface area contributed by atoms with Crippen LogP contribution in [-0.2, 0) is 12.7 Å². The number of fused-ring (bicyclic) bond motifs is 1. The van der Waals surface area contributed by atoms with Crippen LogP contribution in [0.25, 0.3) is 16.9 Å². The fourth-order valence-electron chi connectivity index (χ4n) is 3.80. The van der Waals surface area contributed by atoms with Crippen molar-refractivity contribution in [1.82, 2.24) is 24.4 Å². The van der Waals surface area contributed by atoms with Crippen molar-refractivity contribution in [3.63, 3.8) is 0 Å². The van der Waals surface area contributed by atoms with E-state index in [1.54, 1.807) is 37.3 Å². The molecule has 39 heavy (non-hydrogen) atoms. The Hall–Kier alpha value is -5.07. The monoisotopic (exact) mass is 537 g/mol. The zero-order valence-electron chi connectivity index (χ0n) is 20.2. The Labute approximate surface area is 218 Å². The molecule has 9 nitrogen and oxygen atoms in total. The molecule has 3 heterocycles. The van der Waals surface area contributed by atoms with Gasteiger partial charge in [0.05, 0.1) is 11.4 Å². The maximum atomic E-state index is 13.9. The highest BCUT2D eigenvalue weighted by Gasteiger charge is 2.36. The fourth-order valence-corrected chi connectivity index (χ4v) is 3.80. The molecule has 0 aliphatic carbocycles. The molecule has 2 amide bonds. The molecule has 0 radical (unpaired) electrons. The van der Waals surface area contributed by atoms with Crippen molar-refractivity contribution in [1.29, 1.82) is 0 Å². The van der Waals surface area contributed by atoms with E-state index in [1.165, 1.54) is 23.0 Å². The number of benzene rings is 2. The third-order valence-electron chi connectivity index (χ3n) is 5.67. The Kier molecular flexibility index (Phi) is 6.56. The van der Waals surface area contributed by atoms with E-state index in [-0.39, 0.29) is 34.0 Å². The second kappa shape index (κ2) is 10.0. The standard InChI is InChI=1S/C26H19F4N7O2/c1-2-36-14-20(23(35-36)25(39)31-17-6-4-3-5-7-17)33-24(38)19-13-22-32-18(15-8-10-16(27)11-9-15)12-21(26(28,29)30)37(22)34-19/h3-14H,2H2,1H3,(H,31,39)(H,33,38). The summed E-state index contributed by atoms with van der Waals surface area (Å²) in [5.41, 5.74) is -1.16. The van der Waals surface area contributed by atoms with Gasteiger partial charge in [-0.2, -0.15) is 23.4 Å². The van der Waals surface area contributed by atoms with Gasteiger partial charge < -0.3 is 10.6 Å². The maximum Gasteiger partial charge on any atom is 0.433 e. The lowest BCUT2D eigenvalue weighted by Gasteiger charge is -2.11. The van der Waals surface area contributed by atoms with E-state index >= 15 is 0 Å². The van der Waals surface area contributed by atoms with Crippen LogP contribution in [0.5, 0.6) is 0 Å². The van der Waals surface area contributed by atoms with Crippen molar-refractivity contribution < 1.29 is 27.2 Å². The second-order valence-corrected chi connectivity index (χ2v) is 8.35. The van der Waals surface area contributed by atoms with Crippen LogP contribution in [0.4, 0.5) is 28.9 Å². The van der Waals surface area contributed by atoms with Gasteiger partial charge in [0, 0.05) is 30.1 Å². The molecule has 0 saturated carbocycles. The van der Waals surface area contributed by atoms with E-state index in [0.29, 0.717) is 16.7 Å². The number of aromatic nitrogens is 5. The number of hydrogen-bond acceptors (Lipinski definition) is 5. The molecule has 0 aliphatic rings. The summed E-state index contributed by atoms with van der Waals surface area (Å²) in [6.07, 6.45) is -3.40. The third kappa shape index (κ3) is 5.32. The Morgan fingerprint density at radius 3 is 2.31 bits per heavy atom. The number of nitrogens with one attached hydrogen (secondary N) is 2. The minimum Gasteiger partial charge on any atom is -0.321 e. The Morgan fingerprint density at radius 1 is 0.923 bits per heavy atom. The van der Waals surface area contributed by atoms with E-state index in [9.17, 15) is 27.2 Å². The first-order chi connectivity index (χ1) is 18.6. The van der Waals surface area contributed by atoms with Gasteiger partial charge in [-0.15, -0.1) is 0 Å². The van der Waals surface area contributed by atoms with Gasteiger partial charge in [0.25, 0.3) is 11.8 Å². The van der Waals surface area contributed by atoms with Crippen molar-refractivity contribution in [2.24, 2.45) is 0 Å². The summed E-state index contributed by atoms with van der Waals surface area (Å²) in [4.78, 5) is 30.1. The number of para-hydroxylation sites is 1. The molecule has 2 aromatic carbocycles. The molecule has 0 saturated heterocycles. The topological polar surface area (TPSA) is 106 Å². The number of rotatable bonds is 6. The van der Waals surface area contributed by atoms with Gasteiger partial charge in [-0.05, 0) is 49.4 Å². The van der Waals surface area contributed by atoms with Gasteiger partial charge in [0.1, 0.15) is 5.82 Å². The van der Waals surface area contributed by atoms with E-state index in [2.05, 4.69) is 25.8 Å². The maximum absolute atomic E-state index is 13.9. The van der Waals surface area contributed by atoms with Gasteiger partial charge in [-0.3, -0.25) is 14.3 Å². The van der Waals surface area contributed by atoms with Crippen LogP contribution in [0.15, 0.2) is 72.9 Å². The van der Waals surface area contributed by atoms with Crippen molar-refractivity contribution in [2.45, 2.75) is 19.6 Å². The number of aryl methyl sites for hydroxylation is 1. The van der Waals surface area contributed by atoms with Gasteiger partial charge in [-0.25, -0.2) is 13.9 Å². The molecule has 0 aliphatic heterocycles. The minimum atomic E-state index is -4.83. The lowest BCUT2D eigenvalue weighted by molar-refractivity contribution is -0.142. The quantitative estimate of drug-likeness (QED) is 0.287. The summed E-state index contributed by atoms with van der Waals surface area (Å²) in [6, 6.07) is 15.3. The Balaban J connectivity index is 1.49. The van der Waals surface area contributed by atoms with Crippen LogP contribution < -0.4 is 10.6 Å². The highest BCUT2D eigenvalue weighted by molar-refractivity contribution is 6.11. The van der Waals surface area contributed by atoms with Crippen molar-refractivity contribution in [3.05, 3.63) is 95.8 Å². The molecule has 13 heteroatoms. The zero-order chi connectivity index (χ0) is 27.7. The number of carbonyl (C=O) groups excluding carboxylic acids is 2. The molecule has 0 atom stereocenters. The van der Waals surface area contributed by atoms with Crippen LogP contribution in [-0.4, -0.2) is 36.2 Å². The van der Waals surface area contributed by atoms with E-state index < -0.39 is 29.5 Å². The van der Waals surface area contributed by atoms with Crippen LogP contribution in [0.1, 0.15) is 33.6 Å². The molecular weight excluding hydrogens is 518 g/mol. The second-order valence-electron chi connectivity index (χ2n) is 8.35. The zero-order valence-corrected chi connectivity index (χ0v) is 20.2. The van der Waals surface area contributed by atoms with E-state index in [0.717, 1.165) is 24.3 Å².